The van der Waals surface area contributed by atoms with Crippen molar-refractivity contribution in [1.29, 1.82) is 0 Å². The minimum atomic E-state index is -0.480. The quantitative estimate of drug-likeness (QED) is 0.557. The van der Waals surface area contributed by atoms with Crippen LogP contribution in [0.25, 0.3) is 10.8 Å². The maximum Gasteiger partial charge on any atom is 0.410 e. The number of carbonyl (C=O) groups excluding carboxylic acids is 1. The first-order valence-electron chi connectivity index (χ1n) is 9.51. The lowest BCUT2D eigenvalue weighted by atomic mass is 9.93. The zero-order valence-corrected chi connectivity index (χ0v) is 17.5. The molecular formula is C22H28BrNO2. The maximum absolute atomic E-state index is 13.0. The molecule has 1 amide bonds. The summed E-state index contributed by atoms with van der Waals surface area (Å²) in [6.45, 7) is 6.38. The maximum atomic E-state index is 13.0. The molecule has 0 atom stereocenters. The molecule has 4 heteroatoms. The molecule has 0 aromatic heterocycles. The van der Waals surface area contributed by atoms with Crippen LogP contribution in [-0.2, 0) is 11.3 Å². The Morgan fingerprint density at radius 2 is 1.73 bits per heavy atom. The highest BCUT2D eigenvalue weighted by Gasteiger charge is 2.29. The molecule has 1 fully saturated rings. The number of benzene rings is 2. The van der Waals surface area contributed by atoms with Crippen molar-refractivity contribution in [2.45, 2.75) is 71.1 Å². The molecule has 26 heavy (non-hydrogen) atoms. The SMILES string of the molecule is CC(C)(C)OC(=O)N(Cc1ccc(Br)c2ccccc12)C1CCCCC1. The van der Waals surface area contributed by atoms with Gasteiger partial charge in [-0.15, -0.1) is 0 Å². The first-order valence-corrected chi connectivity index (χ1v) is 10.3. The fourth-order valence-electron chi connectivity index (χ4n) is 3.70. The molecule has 3 nitrogen and oxygen atoms in total. The van der Waals surface area contributed by atoms with E-state index in [1.54, 1.807) is 0 Å². The van der Waals surface area contributed by atoms with Gasteiger partial charge in [-0.1, -0.05) is 65.5 Å². The van der Waals surface area contributed by atoms with Crippen LogP contribution in [0.15, 0.2) is 40.9 Å². The van der Waals surface area contributed by atoms with Crippen LogP contribution < -0.4 is 0 Å². The number of carbonyl (C=O) groups is 1. The minimum Gasteiger partial charge on any atom is -0.444 e. The molecule has 0 saturated heterocycles. The van der Waals surface area contributed by atoms with Gasteiger partial charge in [-0.25, -0.2) is 4.79 Å². The molecule has 0 unspecified atom stereocenters. The fraction of sp³-hybridized carbons (Fsp3) is 0.500. The number of ether oxygens (including phenoxy) is 1. The summed E-state index contributed by atoms with van der Waals surface area (Å²) >= 11 is 3.64. The van der Waals surface area contributed by atoms with Gasteiger partial charge in [0.1, 0.15) is 5.60 Å². The highest BCUT2D eigenvalue weighted by atomic mass is 79.9. The van der Waals surface area contributed by atoms with E-state index in [1.165, 1.54) is 35.6 Å². The van der Waals surface area contributed by atoms with E-state index in [-0.39, 0.29) is 12.1 Å². The molecule has 140 valence electrons. The third-order valence-corrected chi connectivity index (χ3v) is 5.64. The van der Waals surface area contributed by atoms with Gasteiger partial charge < -0.3 is 9.64 Å². The number of amides is 1. The van der Waals surface area contributed by atoms with Crippen molar-refractivity contribution in [1.82, 2.24) is 4.90 Å². The second kappa shape index (κ2) is 7.99. The molecule has 0 N–H and O–H groups in total. The topological polar surface area (TPSA) is 29.5 Å². The van der Waals surface area contributed by atoms with Crippen LogP contribution in [0.4, 0.5) is 4.79 Å². The molecule has 0 aliphatic heterocycles. The van der Waals surface area contributed by atoms with Gasteiger partial charge in [0.15, 0.2) is 0 Å². The number of rotatable bonds is 3. The van der Waals surface area contributed by atoms with Gasteiger partial charge in [0.2, 0.25) is 0 Å². The van der Waals surface area contributed by atoms with E-state index < -0.39 is 5.60 Å². The van der Waals surface area contributed by atoms with Gasteiger partial charge in [0.05, 0.1) is 0 Å². The van der Waals surface area contributed by atoms with E-state index in [9.17, 15) is 4.79 Å². The van der Waals surface area contributed by atoms with Gasteiger partial charge in [-0.2, -0.15) is 0 Å². The lowest BCUT2D eigenvalue weighted by Gasteiger charge is -2.36. The van der Waals surface area contributed by atoms with Crippen molar-refractivity contribution < 1.29 is 9.53 Å². The molecule has 3 rings (SSSR count). The molecule has 0 bridgehead atoms. The average molecular weight is 418 g/mol. The molecule has 2 aromatic rings. The van der Waals surface area contributed by atoms with Crippen LogP contribution in [0.1, 0.15) is 58.4 Å². The second-order valence-corrected chi connectivity index (χ2v) is 9.01. The van der Waals surface area contributed by atoms with Crippen LogP contribution in [-0.4, -0.2) is 22.6 Å². The first-order chi connectivity index (χ1) is 12.3. The number of halogens is 1. The Labute approximate surface area is 164 Å². The molecule has 1 aliphatic rings. The highest BCUT2D eigenvalue weighted by molar-refractivity contribution is 9.10. The van der Waals surface area contributed by atoms with Crippen LogP contribution in [0.2, 0.25) is 0 Å². The van der Waals surface area contributed by atoms with Crippen molar-refractivity contribution in [3.63, 3.8) is 0 Å². The van der Waals surface area contributed by atoms with Crippen molar-refractivity contribution >= 4 is 32.8 Å². The normalized spacial score (nSPS) is 15.8. The Bertz CT molecular complexity index is 775. The van der Waals surface area contributed by atoms with Crippen molar-refractivity contribution in [3.8, 4) is 0 Å². The molecule has 0 spiro atoms. The monoisotopic (exact) mass is 417 g/mol. The van der Waals surface area contributed by atoms with E-state index in [0.717, 1.165) is 17.3 Å². The van der Waals surface area contributed by atoms with Gasteiger partial charge in [0, 0.05) is 17.1 Å². The Balaban J connectivity index is 1.92. The Kier molecular flexibility index (Phi) is 5.91. The molecule has 1 aliphatic carbocycles. The van der Waals surface area contributed by atoms with Crippen LogP contribution in [0.3, 0.4) is 0 Å². The third-order valence-electron chi connectivity index (χ3n) is 4.95. The smallest absolute Gasteiger partial charge is 0.410 e. The summed E-state index contributed by atoms with van der Waals surface area (Å²) in [6, 6.07) is 12.8. The summed E-state index contributed by atoms with van der Waals surface area (Å²) in [4.78, 5) is 14.9. The predicted molar refractivity (Wildman–Crippen MR) is 110 cm³/mol. The Morgan fingerprint density at radius 3 is 2.38 bits per heavy atom. The second-order valence-electron chi connectivity index (χ2n) is 8.15. The lowest BCUT2D eigenvalue weighted by molar-refractivity contribution is 0.00999. The average Bonchev–Trinajstić information content (AvgIpc) is 2.61. The van der Waals surface area contributed by atoms with Crippen LogP contribution in [0, 0.1) is 0 Å². The van der Waals surface area contributed by atoms with E-state index in [0.29, 0.717) is 6.54 Å². The summed E-state index contributed by atoms with van der Waals surface area (Å²) < 4.78 is 6.82. The van der Waals surface area contributed by atoms with E-state index in [1.807, 2.05) is 31.7 Å². The van der Waals surface area contributed by atoms with E-state index in [4.69, 9.17) is 4.74 Å². The third kappa shape index (κ3) is 4.59. The number of hydrogen-bond acceptors (Lipinski definition) is 2. The van der Waals surface area contributed by atoms with Crippen LogP contribution in [0.5, 0.6) is 0 Å². The Morgan fingerprint density at radius 1 is 1.08 bits per heavy atom. The molecule has 1 saturated carbocycles. The summed E-state index contributed by atoms with van der Waals surface area (Å²) in [5.74, 6) is 0. The van der Waals surface area contributed by atoms with E-state index in [2.05, 4.69) is 46.3 Å². The van der Waals surface area contributed by atoms with E-state index >= 15 is 0 Å². The Hall–Kier alpha value is -1.55. The van der Waals surface area contributed by atoms with Crippen molar-refractivity contribution in [2.24, 2.45) is 0 Å². The fourth-order valence-corrected chi connectivity index (χ4v) is 4.18. The van der Waals surface area contributed by atoms with Crippen LogP contribution >= 0.6 is 15.9 Å². The number of nitrogens with zero attached hydrogens (tertiary/aromatic N) is 1. The lowest BCUT2D eigenvalue weighted by Crippen LogP contribution is -2.43. The zero-order chi connectivity index (χ0) is 18.7. The van der Waals surface area contributed by atoms with Gasteiger partial charge >= 0.3 is 6.09 Å². The predicted octanol–water partition coefficient (Wildman–Crippen LogP) is 6.67. The van der Waals surface area contributed by atoms with Crippen molar-refractivity contribution in [2.75, 3.05) is 0 Å². The molecule has 0 heterocycles. The molecule has 0 radical (unpaired) electrons. The first kappa shape index (κ1) is 19.2. The molecule has 2 aromatic carbocycles. The summed E-state index contributed by atoms with van der Waals surface area (Å²) in [5, 5.41) is 2.36. The summed E-state index contributed by atoms with van der Waals surface area (Å²) in [6.07, 6.45) is 5.56. The number of hydrogen-bond donors (Lipinski definition) is 0. The largest absolute Gasteiger partial charge is 0.444 e. The van der Waals surface area contributed by atoms with Gasteiger partial charge in [0.25, 0.3) is 0 Å². The van der Waals surface area contributed by atoms with Gasteiger partial charge in [-0.3, -0.25) is 0 Å². The van der Waals surface area contributed by atoms with Gasteiger partial charge in [-0.05, 0) is 56.0 Å². The number of fused-ring (bicyclic) bond motifs is 1. The summed E-state index contributed by atoms with van der Waals surface area (Å²) in [7, 11) is 0. The standard InChI is InChI=1S/C22H28BrNO2/c1-22(2,3)26-21(25)24(17-9-5-4-6-10-17)15-16-13-14-20(23)19-12-8-7-11-18(16)19/h7-8,11-14,17H,4-6,9-10,15H2,1-3H3. The highest BCUT2D eigenvalue weighted by Crippen LogP contribution is 2.30. The zero-order valence-electron chi connectivity index (χ0n) is 15.9. The summed E-state index contributed by atoms with van der Waals surface area (Å²) in [5.41, 5.74) is 0.687. The van der Waals surface area contributed by atoms with Crippen molar-refractivity contribution in [3.05, 3.63) is 46.4 Å². The molecular weight excluding hydrogens is 390 g/mol. The minimum absolute atomic E-state index is 0.198.